The van der Waals surface area contributed by atoms with Gasteiger partial charge in [-0.2, -0.15) is 5.10 Å². The van der Waals surface area contributed by atoms with Gasteiger partial charge in [0.1, 0.15) is 0 Å². The van der Waals surface area contributed by atoms with Gasteiger partial charge in [0.15, 0.2) is 17.2 Å². The number of para-hydroxylation sites is 1. The standard InChI is InChI=1S/C21H24N2O2S/c1-14-8-10-21(11-9-14)23-17(13-16(22-23)19-7-4-12-26-19)15-5-3-6-18(24-2)20(15)25-21/h3-7,12,14,17H,8-11,13H2,1-2H3/t14?,17-,21?/m1/s1. The van der Waals surface area contributed by atoms with Gasteiger partial charge in [-0.1, -0.05) is 25.1 Å². The summed E-state index contributed by atoms with van der Waals surface area (Å²) in [6, 6.07) is 10.7. The van der Waals surface area contributed by atoms with E-state index < -0.39 is 0 Å². The molecule has 0 unspecified atom stereocenters. The molecule has 5 heteroatoms. The van der Waals surface area contributed by atoms with Crippen molar-refractivity contribution in [2.45, 2.75) is 50.8 Å². The number of nitrogens with zero attached hydrogens (tertiary/aromatic N) is 2. The Bertz CT molecular complexity index is 838. The summed E-state index contributed by atoms with van der Waals surface area (Å²) < 4.78 is 12.3. The van der Waals surface area contributed by atoms with Crippen LogP contribution in [0.1, 0.15) is 55.5 Å². The third-order valence-electron chi connectivity index (χ3n) is 6.07. The normalized spacial score (nSPS) is 29.8. The average molecular weight is 369 g/mol. The number of thiophene rings is 1. The maximum atomic E-state index is 6.71. The summed E-state index contributed by atoms with van der Waals surface area (Å²) >= 11 is 1.77. The van der Waals surface area contributed by atoms with Crippen LogP contribution in [0.5, 0.6) is 11.5 Å². The van der Waals surface area contributed by atoms with Crippen molar-refractivity contribution in [1.29, 1.82) is 0 Å². The molecule has 4 nitrogen and oxygen atoms in total. The Hall–Kier alpha value is -2.01. The highest BCUT2D eigenvalue weighted by Gasteiger charge is 2.52. The first-order valence-corrected chi connectivity index (χ1v) is 10.3. The summed E-state index contributed by atoms with van der Waals surface area (Å²) in [6.07, 6.45) is 5.32. The molecule has 0 saturated heterocycles. The Kier molecular flexibility index (Phi) is 3.74. The molecule has 1 fully saturated rings. The monoisotopic (exact) mass is 368 g/mol. The number of fused-ring (bicyclic) bond motifs is 4. The van der Waals surface area contributed by atoms with Crippen LogP contribution >= 0.6 is 11.3 Å². The van der Waals surface area contributed by atoms with Crippen molar-refractivity contribution in [2.75, 3.05) is 7.11 Å². The molecule has 3 heterocycles. The van der Waals surface area contributed by atoms with Crippen molar-refractivity contribution in [3.63, 3.8) is 0 Å². The van der Waals surface area contributed by atoms with Gasteiger partial charge in [0.05, 0.1) is 23.7 Å². The molecular weight excluding hydrogens is 344 g/mol. The van der Waals surface area contributed by atoms with Gasteiger partial charge < -0.3 is 9.47 Å². The highest BCUT2D eigenvalue weighted by atomic mass is 32.1. The molecule has 2 aromatic rings. The van der Waals surface area contributed by atoms with E-state index in [9.17, 15) is 0 Å². The molecular formula is C21H24N2O2S. The molecule has 0 N–H and O–H groups in total. The minimum atomic E-state index is -0.335. The summed E-state index contributed by atoms with van der Waals surface area (Å²) in [4.78, 5) is 1.27. The fourth-order valence-electron chi connectivity index (χ4n) is 4.57. The summed E-state index contributed by atoms with van der Waals surface area (Å²) in [5, 5.41) is 9.52. The minimum absolute atomic E-state index is 0.236. The van der Waals surface area contributed by atoms with Crippen molar-refractivity contribution in [3.8, 4) is 11.5 Å². The van der Waals surface area contributed by atoms with Gasteiger partial charge in [-0.25, -0.2) is 5.01 Å². The van der Waals surface area contributed by atoms with E-state index in [4.69, 9.17) is 14.6 Å². The van der Waals surface area contributed by atoms with E-state index in [1.165, 1.54) is 29.0 Å². The number of ether oxygens (including phenoxy) is 2. The van der Waals surface area contributed by atoms with Crippen molar-refractivity contribution in [3.05, 3.63) is 46.2 Å². The van der Waals surface area contributed by atoms with E-state index in [0.717, 1.165) is 36.7 Å². The van der Waals surface area contributed by atoms with Crippen LogP contribution < -0.4 is 9.47 Å². The Morgan fingerprint density at radius 3 is 2.81 bits per heavy atom. The van der Waals surface area contributed by atoms with Gasteiger partial charge in [0.2, 0.25) is 0 Å². The second-order valence-corrected chi connectivity index (χ2v) is 8.65. The van der Waals surface area contributed by atoms with Crippen LogP contribution in [-0.4, -0.2) is 23.6 Å². The molecule has 3 aliphatic rings. The van der Waals surface area contributed by atoms with Crippen LogP contribution in [0.3, 0.4) is 0 Å². The maximum absolute atomic E-state index is 6.71. The Morgan fingerprint density at radius 2 is 2.08 bits per heavy atom. The zero-order valence-electron chi connectivity index (χ0n) is 15.3. The lowest BCUT2D eigenvalue weighted by atomic mass is 9.82. The van der Waals surface area contributed by atoms with E-state index in [-0.39, 0.29) is 11.8 Å². The second kappa shape index (κ2) is 6.02. The average Bonchev–Trinajstić information content (AvgIpc) is 3.34. The first kappa shape index (κ1) is 16.2. The lowest BCUT2D eigenvalue weighted by Gasteiger charge is -2.50. The molecule has 1 atom stereocenters. The smallest absolute Gasteiger partial charge is 0.198 e. The van der Waals surface area contributed by atoms with E-state index in [1.54, 1.807) is 18.4 Å². The van der Waals surface area contributed by atoms with Crippen LogP contribution in [0, 0.1) is 5.92 Å². The fourth-order valence-corrected chi connectivity index (χ4v) is 5.29. The van der Waals surface area contributed by atoms with Crippen molar-refractivity contribution in [2.24, 2.45) is 11.0 Å². The van der Waals surface area contributed by atoms with Crippen molar-refractivity contribution >= 4 is 17.0 Å². The first-order valence-electron chi connectivity index (χ1n) is 9.47. The summed E-state index contributed by atoms with van der Waals surface area (Å²) in [6.45, 7) is 2.34. The molecule has 0 radical (unpaired) electrons. The van der Waals surface area contributed by atoms with Crippen LogP contribution in [0.25, 0.3) is 0 Å². The molecule has 2 aliphatic heterocycles. The Balaban J connectivity index is 1.62. The van der Waals surface area contributed by atoms with Gasteiger partial charge in [-0.3, -0.25) is 0 Å². The van der Waals surface area contributed by atoms with Crippen molar-refractivity contribution < 1.29 is 9.47 Å². The first-order chi connectivity index (χ1) is 12.7. The molecule has 0 bridgehead atoms. The van der Waals surface area contributed by atoms with Crippen LogP contribution in [0.2, 0.25) is 0 Å². The van der Waals surface area contributed by atoms with Crippen LogP contribution in [0.15, 0.2) is 40.8 Å². The summed E-state index contributed by atoms with van der Waals surface area (Å²) in [7, 11) is 1.73. The van der Waals surface area contributed by atoms with Gasteiger partial charge in [-0.15, -0.1) is 11.3 Å². The van der Waals surface area contributed by atoms with Gasteiger partial charge >= 0.3 is 0 Å². The summed E-state index contributed by atoms with van der Waals surface area (Å²) in [5.41, 5.74) is 2.05. The van der Waals surface area contributed by atoms with Gasteiger partial charge in [-0.05, 0) is 36.3 Å². The van der Waals surface area contributed by atoms with Gasteiger partial charge in [0, 0.05) is 24.8 Å². The van der Waals surface area contributed by atoms with E-state index in [2.05, 4.69) is 41.6 Å². The number of rotatable bonds is 2. The van der Waals surface area contributed by atoms with Crippen LogP contribution in [-0.2, 0) is 0 Å². The predicted molar refractivity (Wildman–Crippen MR) is 104 cm³/mol. The highest BCUT2D eigenvalue weighted by molar-refractivity contribution is 7.12. The fraction of sp³-hybridized carbons (Fsp3) is 0.476. The van der Waals surface area contributed by atoms with E-state index >= 15 is 0 Å². The third-order valence-corrected chi connectivity index (χ3v) is 6.99. The number of hydrogen-bond acceptors (Lipinski definition) is 5. The second-order valence-electron chi connectivity index (χ2n) is 7.70. The maximum Gasteiger partial charge on any atom is 0.198 e. The number of hydrazone groups is 1. The molecule has 26 heavy (non-hydrogen) atoms. The highest BCUT2D eigenvalue weighted by Crippen LogP contribution is 2.54. The number of benzene rings is 1. The minimum Gasteiger partial charge on any atom is -0.493 e. The predicted octanol–water partition coefficient (Wildman–Crippen LogP) is 5.21. The summed E-state index contributed by atoms with van der Waals surface area (Å²) in [5.74, 6) is 2.52. The largest absolute Gasteiger partial charge is 0.493 e. The molecule has 0 amide bonds. The molecule has 1 spiro atoms. The molecule has 1 aliphatic carbocycles. The third kappa shape index (κ3) is 2.37. The zero-order chi connectivity index (χ0) is 17.7. The Labute approximate surface area is 158 Å². The molecule has 1 saturated carbocycles. The molecule has 1 aromatic heterocycles. The SMILES string of the molecule is COc1cccc2c1OC1(CCC(C)CC1)N1N=C(c3cccs3)C[C@H]21. The molecule has 136 valence electrons. The van der Waals surface area contributed by atoms with E-state index in [1.807, 2.05) is 6.07 Å². The van der Waals surface area contributed by atoms with Gasteiger partial charge in [0.25, 0.3) is 0 Å². The lowest BCUT2D eigenvalue weighted by molar-refractivity contribution is -0.146. The van der Waals surface area contributed by atoms with Crippen molar-refractivity contribution in [1.82, 2.24) is 5.01 Å². The quantitative estimate of drug-likeness (QED) is 0.730. The van der Waals surface area contributed by atoms with E-state index in [0.29, 0.717) is 0 Å². The van der Waals surface area contributed by atoms with Crippen LogP contribution in [0.4, 0.5) is 0 Å². The lowest BCUT2D eigenvalue weighted by Crippen LogP contribution is -2.55. The molecule has 1 aromatic carbocycles. The molecule has 5 rings (SSSR count). The number of hydrogen-bond donors (Lipinski definition) is 0. The number of methoxy groups -OCH3 is 1. The topological polar surface area (TPSA) is 34.1 Å². The zero-order valence-corrected chi connectivity index (χ0v) is 16.1. The Morgan fingerprint density at radius 1 is 1.23 bits per heavy atom.